The van der Waals surface area contributed by atoms with Gasteiger partial charge in [-0.05, 0) is 52.2 Å². The molecule has 0 radical (unpaired) electrons. The van der Waals surface area contributed by atoms with Crippen LogP contribution < -0.4 is 5.32 Å². The third kappa shape index (κ3) is 3.70. The van der Waals surface area contributed by atoms with Crippen LogP contribution in [0.25, 0.3) is 4.96 Å². The number of likely N-dealkylation sites (tertiary alicyclic amines) is 1. The summed E-state index contributed by atoms with van der Waals surface area (Å²) in [4.78, 5) is 9.72. The van der Waals surface area contributed by atoms with Gasteiger partial charge in [-0.3, -0.25) is 4.40 Å². The van der Waals surface area contributed by atoms with E-state index in [1.807, 2.05) is 0 Å². The van der Waals surface area contributed by atoms with Crippen LogP contribution in [0.1, 0.15) is 42.5 Å². The molecule has 3 rings (SSSR count). The summed E-state index contributed by atoms with van der Waals surface area (Å²) in [6, 6.07) is 0. The molecule has 1 N–H and O–H groups in total. The lowest BCUT2D eigenvalue weighted by Crippen LogP contribution is -2.36. The lowest BCUT2D eigenvalue weighted by molar-refractivity contribution is 0.199. The Morgan fingerprint density at radius 1 is 1.27 bits per heavy atom. The Kier molecular flexibility index (Phi) is 5.16. The maximum Gasteiger partial charge on any atom is 0.194 e. The Morgan fingerprint density at radius 2 is 2.05 bits per heavy atom. The second-order valence-electron chi connectivity index (χ2n) is 6.74. The van der Waals surface area contributed by atoms with Crippen LogP contribution in [0.15, 0.2) is 6.20 Å². The molecule has 3 heterocycles. The molecular formula is C17H28N4S. The van der Waals surface area contributed by atoms with Gasteiger partial charge in [0.2, 0.25) is 0 Å². The molecule has 22 heavy (non-hydrogen) atoms. The number of fused-ring (bicyclic) bond motifs is 1. The number of hydrogen-bond acceptors (Lipinski definition) is 4. The first-order chi connectivity index (χ1) is 10.6. The van der Waals surface area contributed by atoms with E-state index in [0.29, 0.717) is 5.92 Å². The molecule has 2 aromatic rings. The zero-order valence-corrected chi connectivity index (χ0v) is 14.9. The van der Waals surface area contributed by atoms with Crippen molar-refractivity contribution >= 4 is 16.3 Å². The maximum atomic E-state index is 4.66. The summed E-state index contributed by atoms with van der Waals surface area (Å²) in [6.07, 6.45) is 6.38. The van der Waals surface area contributed by atoms with Crippen molar-refractivity contribution in [2.45, 2.75) is 46.6 Å². The van der Waals surface area contributed by atoms with Gasteiger partial charge in [0, 0.05) is 24.2 Å². The molecule has 1 unspecified atom stereocenters. The molecule has 1 fully saturated rings. The summed E-state index contributed by atoms with van der Waals surface area (Å²) < 4.78 is 2.25. The lowest BCUT2D eigenvalue weighted by atomic mass is 10.1. The van der Waals surface area contributed by atoms with Gasteiger partial charge in [0.15, 0.2) is 4.96 Å². The summed E-state index contributed by atoms with van der Waals surface area (Å²) in [7, 11) is 0. The number of hydrogen-bond donors (Lipinski definition) is 1. The van der Waals surface area contributed by atoms with E-state index in [4.69, 9.17) is 0 Å². The normalized spacial score (nSPS) is 18.1. The Labute approximate surface area is 137 Å². The van der Waals surface area contributed by atoms with Crippen molar-refractivity contribution in [3.63, 3.8) is 0 Å². The van der Waals surface area contributed by atoms with Gasteiger partial charge < -0.3 is 10.2 Å². The molecule has 1 aliphatic heterocycles. The third-order valence-electron chi connectivity index (χ3n) is 4.54. The number of piperidine rings is 1. The standard InChI is InChI=1S/C17H28N4S/c1-13(11-20-7-5-4-6-8-20)9-18-10-16-15(3)19-17-21(16)12-14(2)22-17/h12-13,18H,4-11H2,1-3H3. The van der Waals surface area contributed by atoms with Crippen LogP contribution in [0.5, 0.6) is 0 Å². The molecule has 122 valence electrons. The van der Waals surface area contributed by atoms with Crippen LogP contribution in [0.3, 0.4) is 0 Å². The van der Waals surface area contributed by atoms with Gasteiger partial charge in [-0.2, -0.15) is 0 Å². The van der Waals surface area contributed by atoms with Gasteiger partial charge in [-0.1, -0.05) is 13.3 Å². The molecule has 2 aromatic heterocycles. The topological polar surface area (TPSA) is 32.6 Å². The predicted molar refractivity (Wildman–Crippen MR) is 93.7 cm³/mol. The fourth-order valence-corrected chi connectivity index (χ4v) is 4.30. The molecule has 0 amide bonds. The highest BCUT2D eigenvalue weighted by Crippen LogP contribution is 2.20. The highest BCUT2D eigenvalue weighted by atomic mass is 32.1. The smallest absolute Gasteiger partial charge is 0.194 e. The van der Waals surface area contributed by atoms with Crippen LogP contribution >= 0.6 is 11.3 Å². The minimum Gasteiger partial charge on any atom is -0.311 e. The van der Waals surface area contributed by atoms with Gasteiger partial charge in [-0.25, -0.2) is 4.98 Å². The van der Waals surface area contributed by atoms with E-state index in [-0.39, 0.29) is 0 Å². The zero-order chi connectivity index (χ0) is 15.5. The predicted octanol–water partition coefficient (Wildman–Crippen LogP) is 3.22. The van der Waals surface area contributed by atoms with E-state index in [9.17, 15) is 0 Å². The number of rotatable bonds is 6. The molecule has 1 aliphatic rings. The fraction of sp³-hybridized carbons (Fsp3) is 0.706. The molecule has 0 bridgehead atoms. The van der Waals surface area contributed by atoms with Crippen molar-refractivity contribution < 1.29 is 0 Å². The highest BCUT2D eigenvalue weighted by Gasteiger charge is 2.14. The van der Waals surface area contributed by atoms with Crippen molar-refractivity contribution in [3.8, 4) is 0 Å². The highest BCUT2D eigenvalue weighted by molar-refractivity contribution is 7.17. The van der Waals surface area contributed by atoms with E-state index in [1.54, 1.807) is 11.3 Å². The lowest BCUT2D eigenvalue weighted by Gasteiger charge is -2.29. The molecular weight excluding hydrogens is 292 g/mol. The first-order valence-electron chi connectivity index (χ1n) is 8.50. The van der Waals surface area contributed by atoms with Crippen LogP contribution in [0.4, 0.5) is 0 Å². The molecule has 1 saturated heterocycles. The number of thiazole rings is 1. The van der Waals surface area contributed by atoms with E-state index in [0.717, 1.165) is 23.7 Å². The van der Waals surface area contributed by atoms with Crippen molar-refractivity contribution in [1.82, 2.24) is 19.6 Å². The number of imidazole rings is 1. The zero-order valence-electron chi connectivity index (χ0n) is 14.1. The summed E-state index contributed by atoms with van der Waals surface area (Å²) in [5.41, 5.74) is 2.46. The van der Waals surface area contributed by atoms with E-state index in [2.05, 4.69) is 46.6 Å². The van der Waals surface area contributed by atoms with Gasteiger partial charge in [0.1, 0.15) is 0 Å². The Morgan fingerprint density at radius 3 is 2.82 bits per heavy atom. The molecule has 0 aromatic carbocycles. The minimum atomic E-state index is 0.700. The number of aryl methyl sites for hydroxylation is 2. The van der Waals surface area contributed by atoms with Crippen molar-refractivity contribution in [2.75, 3.05) is 26.2 Å². The van der Waals surface area contributed by atoms with E-state index >= 15 is 0 Å². The second-order valence-corrected chi connectivity index (χ2v) is 7.95. The molecule has 0 aliphatic carbocycles. The molecule has 1 atom stereocenters. The minimum absolute atomic E-state index is 0.700. The number of aromatic nitrogens is 2. The first kappa shape index (κ1) is 16.0. The third-order valence-corrected chi connectivity index (χ3v) is 5.44. The van der Waals surface area contributed by atoms with Crippen molar-refractivity contribution in [3.05, 3.63) is 22.5 Å². The molecule has 0 saturated carbocycles. The SMILES string of the molecule is Cc1cn2c(CNCC(C)CN3CCCCC3)c(C)nc2s1. The van der Waals surface area contributed by atoms with Crippen LogP contribution in [0, 0.1) is 19.8 Å². The van der Waals surface area contributed by atoms with Gasteiger partial charge in [0.25, 0.3) is 0 Å². The molecule has 4 nitrogen and oxygen atoms in total. The first-order valence-corrected chi connectivity index (χ1v) is 9.32. The number of nitrogens with zero attached hydrogens (tertiary/aromatic N) is 3. The summed E-state index contributed by atoms with van der Waals surface area (Å²) >= 11 is 1.77. The van der Waals surface area contributed by atoms with Gasteiger partial charge in [-0.15, -0.1) is 11.3 Å². The number of nitrogens with one attached hydrogen (secondary N) is 1. The Bertz CT molecular complexity index is 609. The Balaban J connectivity index is 1.50. The van der Waals surface area contributed by atoms with Gasteiger partial charge in [0.05, 0.1) is 11.4 Å². The summed E-state index contributed by atoms with van der Waals surface area (Å²) in [5.74, 6) is 0.700. The van der Waals surface area contributed by atoms with E-state index < -0.39 is 0 Å². The average Bonchev–Trinajstić information content (AvgIpc) is 2.97. The quantitative estimate of drug-likeness (QED) is 0.887. The van der Waals surface area contributed by atoms with Crippen molar-refractivity contribution in [2.24, 2.45) is 5.92 Å². The summed E-state index contributed by atoms with van der Waals surface area (Å²) in [5, 5.41) is 3.64. The largest absolute Gasteiger partial charge is 0.311 e. The van der Waals surface area contributed by atoms with Gasteiger partial charge >= 0.3 is 0 Å². The second kappa shape index (κ2) is 7.11. The monoisotopic (exact) mass is 320 g/mol. The van der Waals surface area contributed by atoms with Crippen LogP contribution in [-0.2, 0) is 6.54 Å². The summed E-state index contributed by atoms with van der Waals surface area (Å²) in [6.45, 7) is 12.4. The average molecular weight is 321 g/mol. The van der Waals surface area contributed by atoms with Crippen LogP contribution in [0.2, 0.25) is 0 Å². The maximum absolute atomic E-state index is 4.66. The molecule has 0 spiro atoms. The van der Waals surface area contributed by atoms with Crippen LogP contribution in [-0.4, -0.2) is 40.5 Å². The van der Waals surface area contributed by atoms with Crippen molar-refractivity contribution in [1.29, 1.82) is 0 Å². The Hall–Kier alpha value is -0.910. The van der Waals surface area contributed by atoms with E-state index in [1.165, 1.54) is 49.5 Å². The fourth-order valence-electron chi connectivity index (χ4n) is 3.41. The molecule has 5 heteroatoms.